The smallest absolute Gasteiger partial charge is 0.374 e. The van der Waals surface area contributed by atoms with Crippen molar-refractivity contribution in [2.45, 2.75) is 5.66 Å². The standard InChI is InChI=1S/C44H25N5O/c1-3-12-26(13-4-1)39-40(27-14-5-2-6-15-27)49-32-18-11-25-47-42(32)36-30(43(49)45-39)21-23-33-37(36)44(47)38-34(50-33)22-20-29-28-16-7-8-17-31(28)48(41(29)38)35-19-9-10-24-46(35)44/h1-25H/q+2. The Kier molecular flexibility index (Phi) is 4.26. The van der Waals surface area contributed by atoms with Crippen LogP contribution in [0.2, 0.25) is 0 Å². The number of imidazole rings is 1. The van der Waals surface area contributed by atoms with Crippen LogP contribution in [0.1, 0.15) is 11.1 Å². The molecule has 6 heteroatoms. The summed E-state index contributed by atoms with van der Waals surface area (Å²) in [7, 11) is 0. The van der Waals surface area contributed by atoms with E-state index in [-0.39, 0.29) is 0 Å². The molecule has 0 radical (unpaired) electrons. The molecular formula is C44H25N5O+2. The molecule has 5 aromatic carbocycles. The van der Waals surface area contributed by atoms with Crippen LogP contribution < -0.4 is 13.9 Å². The Labute approximate surface area is 284 Å². The van der Waals surface area contributed by atoms with Crippen LogP contribution in [0.25, 0.3) is 77.6 Å². The van der Waals surface area contributed by atoms with Gasteiger partial charge in [0.1, 0.15) is 33.7 Å². The second-order valence-electron chi connectivity index (χ2n) is 13.6. The van der Waals surface area contributed by atoms with E-state index in [4.69, 9.17) is 9.72 Å². The predicted octanol–water partition coefficient (Wildman–Crippen LogP) is 8.68. The monoisotopic (exact) mass is 639 g/mol. The van der Waals surface area contributed by atoms with Gasteiger partial charge in [0.05, 0.1) is 23.0 Å². The summed E-state index contributed by atoms with van der Waals surface area (Å²) in [4.78, 5) is 5.53. The first-order valence-corrected chi connectivity index (χ1v) is 17.1. The van der Waals surface area contributed by atoms with Crippen molar-refractivity contribution in [1.82, 2.24) is 14.0 Å². The number of benzene rings is 5. The first-order valence-electron chi connectivity index (χ1n) is 17.1. The normalized spacial score (nSPS) is 16.2. The number of nitrogens with zero attached hydrogens (tertiary/aromatic N) is 5. The largest absolute Gasteiger partial charge is 0.456 e. The molecule has 3 aliphatic rings. The van der Waals surface area contributed by atoms with Crippen LogP contribution in [0.3, 0.4) is 0 Å². The van der Waals surface area contributed by atoms with E-state index >= 15 is 0 Å². The van der Waals surface area contributed by atoms with Crippen LogP contribution in [0.4, 0.5) is 0 Å². The highest BCUT2D eigenvalue weighted by Crippen LogP contribution is 2.57. The third kappa shape index (κ3) is 2.63. The average molecular weight is 640 g/mol. The Hall–Kier alpha value is -6.79. The Morgan fingerprint density at radius 3 is 2.12 bits per heavy atom. The number of aromatic nitrogens is 5. The van der Waals surface area contributed by atoms with Crippen molar-refractivity contribution in [2.24, 2.45) is 0 Å². The first-order chi connectivity index (χ1) is 24.8. The molecule has 1 unspecified atom stereocenters. The Morgan fingerprint density at radius 1 is 0.560 bits per heavy atom. The van der Waals surface area contributed by atoms with E-state index in [1.54, 1.807) is 0 Å². The van der Waals surface area contributed by atoms with E-state index < -0.39 is 5.66 Å². The number of hydrogen-bond acceptors (Lipinski definition) is 2. The summed E-state index contributed by atoms with van der Waals surface area (Å²) in [6.07, 6.45) is 4.51. The molecule has 0 aliphatic carbocycles. The summed E-state index contributed by atoms with van der Waals surface area (Å²) < 4.78 is 16.8. The molecule has 0 saturated heterocycles. The van der Waals surface area contributed by atoms with Crippen LogP contribution >= 0.6 is 0 Å². The highest BCUT2D eigenvalue weighted by atomic mass is 16.5. The van der Waals surface area contributed by atoms with Gasteiger partial charge in [-0.25, -0.2) is 4.98 Å². The first kappa shape index (κ1) is 25.3. The Balaban J connectivity index is 1.28. The van der Waals surface area contributed by atoms with Gasteiger partial charge in [-0.1, -0.05) is 78.9 Å². The molecule has 10 aromatic rings. The topological polar surface area (TPSA) is 39.2 Å². The lowest BCUT2D eigenvalue weighted by Crippen LogP contribution is -2.75. The zero-order valence-electron chi connectivity index (χ0n) is 26.6. The van der Waals surface area contributed by atoms with Crippen molar-refractivity contribution >= 4 is 49.3 Å². The second-order valence-corrected chi connectivity index (χ2v) is 13.6. The van der Waals surface area contributed by atoms with Crippen LogP contribution in [-0.4, -0.2) is 14.0 Å². The van der Waals surface area contributed by atoms with Gasteiger partial charge in [0, 0.05) is 39.4 Å². The molecule has 1 spiro atoms. The van der Waals surface area contributed by atoms with E-state index in [0.29, 0.717) is 0 Å². The fraction of sp³-hybridized carbons (Fsp3) is 0.0227. The fourth-order valence-electron chi connectivity index (χ4n) is 9.57. The minimum atomic E-state index is -0.723. The summed E-state index contributed by atoms with van der Waals surface area (Å²) >= 11 is 0. The predicted molar refractivity (Wildman–Crippen MR) is 194 cm³/mol. The molecule has 0 saturated carbocycles. The van der Waals surface area contributed by atoms with Gasteiger partial charge in [0.25, 0.3) is 5.82 Å². The summed E-state index contributed by atoms with van der Waals surface area (Å²) in [6.45, 7) is 0. The molecule has 8 heterocycles. The molecule has 13 rings (SSSR count). The number of pyridine rings is 3. The average Bonchev–Trinajstić information content (AvgIpc) is 3.85. The summed E-state index contributed by atoms with van der Waals surface area (Å²) in [5.41, 5.74) is 11.5. The van der Waals surface area contributed by atoms with E-state index in [1.807, 2.05) is 0 Å². The molecule has 0 bridgehead atoms. The maximum absolute atomic E-state index is 6.98. The number of hydrogen-bond donors (Lipinski definition) is 0. The zero-order valence-corrected chi connectivity index (χ0v) is 26.6. The fourth-order valence-corrected chi connectivity index (χ4v) is 9.57. The maximum atomic E-state index is 6.98. The van der Waals surface area contributed by atoms with Crippen LogP contribution in [0, 0.1) is 0 Å². The van der Waals surface area contributed by atoms with Gasteiger partial charge >= 0.3 is 5.66 Å². The van der Waals surface area contributed by atoms with Gasteiger partial charge in [-0.2, -0.15) is 9.13 Å². The Bertz CT molecular complexity index is 3180. The Morgan fingerprint density at radius 2 is 1.26 bits per heavy atom. The van der Waals surface area contributed by atoms with Crippen molar-refractivity contribution in [2.75, 3.05) is 0 Å². The van der Waals surface area contributed by atoms with E-state index in [0.717, 1.165) is 67.5 Å². The zero-order chi connectivity index (χ0) is 32.3. The minimum absolute atomic E-state index is 0.723. The molecule has 230 valence electrons. The molecule has 0 N–H and O–H groups in total. The van der Waals surface area contributed by atoms with E-state index in [9.17, 15) is 0 Å². The van der Waals surface area contributed by atoms with Gasteiger partial charge in [-0.3, -0.25) is 4.40 Å². The maximum Gasteiger partial charge on any atom is 0.374 e. The second kappa shape index (κ2) is 8.43. The van der Waals surface area contributed by atoms with Crippen molar-refractivity contribution < 1.29 is 13.9 Å². The van der Waals surface area contributed by atoms with Gasteiger partial charge in [0.15, 0.2) is 17.3 Å². The van der Waals surface area contributed by atoms with Crippen molar-refractivity contribution in [3.63, 3.8) is 0 Å². The highest BCUT2D eigenvalue weighted by molar-refractivity contribution is 6.16. The van der Waals surface area contributed by atoms with Gasteiger partial charge in [-0.15, -0.1) is 4.57 Å². The molecule has 1 atom stereocenters. The number of para-hydroxylation sites is 1. The summed E-state index contributed by atoms with van der Waals surface area (Å²) in [5.74, 6) is 2.88. The van der Waals surface area contributed by atoms with Crippen LogP contribution in [0.5, 0.6) is 11.5 Å². The van der Waals surface area contributed by atoms with Crippen LogP contribution in [-0.2, 0) is 5.66 Å². The van der Waals surface area contributed by atoms with Crippen LogP contribution in [0.15, 0.2) is 152 Å². The number of fused-ring (bicyclic) bond motifs is 8. The van der Waals surface area contributed by atoms with E-state index in [2.05, 4.69) is 170 Å². The summed E-state index contributed by atoms with van der Waals surface area (Å²) in [6, 6.07) is 49.8. The highest BCUT2D eigenvalue weighted by Gasteiger charge is 2.67. The summed E-state index contributed by atoms with van der Waals surface area (Å²) in [5, 5.41) is 4.76. The lowest BCUT2D eigenvalue weighted by atomic mass is 9.84. The quantitative estimate of drug-likeness (QED) is 0.140. The lowest BCUT2D eigenvalue weighted by molar-refractivity contribution is -0.956. The molecule has 3 aliphatic heterocycles. The molecule has 5 aromatic heterocycles. The SMILES string of the molecule is c1ccc(-c2nc3c4ccc5c6c4c4c(ccc[n+]4C64c6c(ccc7c8ccccc8n(c67)-c6cccc[n+]64)O5)n3c2-c2ccccc2)cc1. The number of ether oxygens (including phenoxy) is 1. The molecule has 0 fully saturated rings. The molecule has 6 nitrogen and oxygen atoms in total. The van der Waals surface area contributed by atoms with E-state index in [1.165, 1.54) is 32.7 Å². The van der Waals surface area contributed by atoms with Crippen molar-refractivity contribution in [1.29, 1.82) is 0 Å². The number of rotatable bonds is 2. The van der Waals surface area contributed by atoms with Gasteiger partial charge in [0.2, 0.25) is 5.52 Å². The van der Waals surface area contributed by atoms with Crippen molar-refractivity contribution in [3.8, 4) is 39.8 Å². The third-order valence-electron chi connectivity index (χ3n) is 11.3. The van der Waals surface area contributed by atoms with Crippen molar-refractivity contribution in [3.05, 3.63) is 163 Å². The third-order valence-corrected chi connectivity index (χ3v) is 11.3. The van der Waals surface area contributed by atoms with Gasteiger partial charge in [-0.05, 0) is 48.5 Å². The minimum Gasteiger partial charge on any atom is -0.456 e. The lowest BCUT2D eigenvalue weighted by Gasteiger charge is -2.34. The molecular weight excluding hydrogens is 615 g/mol. The molecule has 50 heavy (non-hydrogen) atoms. The van der Waals surface area contributed by atoms with Gasteiger partial charge < -0.3 is 4.74 Å². The molecule has 0 amide bonds.